The molecule has 3 aromatic rings. The van der Waals surface area contributed by atoms with E-state index >= 15 is 0 Å². The lowest BCUT2D eigenvalue weighted by molar-refractivity contribution is -0.122. The highest BCUT2D eigenvalue weighted by molar-refractivity contribution is 14.1. The predicted molar refractivity (Wildman–Crippen MR) is 144 cm³/mol. The van der Waals surface area contributed by atoms with Crippen LogP contribution in [0.5, 0.6) is 11.5 Å². The third kappa shape index (κ3) is 5.13. The number of rotatable bonds is 6. The molecule has 2 amide bonds. The van der Waals surface area contributed by atoms with Crippen LogP contribution in [0, 0.1) is 10.5 Å². The Morgan fingerprint density at radius 3 is 2.47 bits per heavy atom. The van der Waals surface area contributed by atoms with E-state index in [2.05, 4.69) is 27.9 Å². The van der Waals surface area contributed by atoms with Gasteiger partial charge in [-0.25, -0.2) is 0 Å². The summed E-state index contributed by atoms with van der Waals surface area (Å²) < 4.78 is 12.6. The molecule has 0 atom stereocenters. The summed E-state index contributed by atoms with van der Waals surface area (Å²) in [5, 5.41) is 2.67. The minimum absolute atomic E-state index is 0.0218. The Hall–Kier alpha value is -3.24. The molecule has 6 nitrogen and oxygen atoms in total. The molecule has 172 valence electrons. The molecule has 0 bridgehead atoms. The lowest BCUT2D eigenvalue weighted by atomic mass is 10.1. The van der Waals surface area contributed by atoms with Crippen molar-refractivity contribution < 1.29 is 19.1 Å². The van der Waals surface area contributed by atoms with Crippen molar-refractivity contribution in [1.29, 1.82) is 0 Å². The molecule has 4 rings (SSSR count). The van der Waals surface area contributed by atoms with Crippen LogP contribution < -0.4 is 19.7 Å². The highest BCUT2D eigenvalue weighted by atomic mass is 127. The summed E-state index contributed by atoms with van der Waals surface area (Å²) in [7, 11) is 1.54. The van der Waals surface area contributed by atoms with Crippen LogP contribution in [-0.4, -0.2) is 24.0 Å². The molecular weight excluding hydrogens is 563 g/mol. The van der Waals surface area contributed by atoms with E-state index in [1.807, 2.05) is 49.4 Å². The van der Waals surface area contributed by atoms with Gasteiger partial charge in [0.15, 0.2) is 16.6 Å². The second-order valence-electron chi connectivity index (χ2n) is 7.57. The van der Waals surface area contributed by atoms with Crippen LogP contribution in [0.2, 0.25) is 0 Å². The minimum Gasteiger partial charge on any atom is -0.493 e. The maximum Gasteiger partial charge on any atom is 0.270 e. The van der Waals surface area contributed by atoms with Crippen LogP contribution in [0.4, 0.5) is 5.69 Å². The van der Waals surface area contributed by atoms with Crippen molar-refractivity contribution in [1.82, 2.24) is 5.32 Å². The zero-order chi connectivity index (χ0) is 24.2. The summed E-state index contributed by atoms with van der Waals surface area (Å²) in [4.78, 5) is 27.2. The molecule has 1 heterocycles. The van der Waals surface area contributed by atoms with Crippen molar-refractivity contribution in [2.24, 2.45) is 0 Å². The summed E-state index contributed by atoms with van der Waals surface area (Å²) in [6.45, 7) is 2.27. The Morgan fingerprint density at radius 2 is 1.76 bits per heavy atom. The molecule has 3 aromatic carbocycles. The summed E-state index contributed by atoms with van der Waals surface area (Å²) in [6.07, 6.45) is 1.52. The SMILES string of the molecule is COc1cc(/C=C2\C(=O)NC(=S)N(c3ccccc3C)C2=O)ccc1OCc1ccc(I)cc1. The zero-order valence-corrected chi connectivity index (χ0v) is 21.5. The first-order chi connectivity index (χ1) is 16.4. The molecule has 0 spiro atoms. The molecule has 1 aliphatic heterocycles. The van der Waals surface area contributed by atoms with Gasteiger partial charge in [-0.05, 0) is 94.8 Å². The zero-order valence-electron chi connectivity index (χ0n) is 18.5. The second kappa shape index (κ2) is 10.4. The predicted octanol–water partition coefficient (Wildman–Crippen LogP) is 5.02. The summed E-state index contributed by atoms with van der Waals surface area (Å²) in [5.74, 6) is 0.0269. The Morgan fingerprint density at radius 1 is 1.03 bits per heavy atom. The first kappa shape index (κ1) is 23.9. The topological polar surface area (TPSA) is 67.9 Å². The van der Waals surface area contributed by atoms with E-state index in [0.717, 1.165) is 14.7 Å². The lowest BCUT2D eigenvalue weighted by Gasteiger charge is -2.30. The normalized spacial score (nSPS) is 14.9. The summed E-state index contributed by atoms with van der Waals surface area (Å²) in [6, 6.07) is 20.7. The van der Waals surface area contributed by atoms with Gasteiger partial charge in [0, 0.05) is 3.57 Å². The van der Waals surface area contributed by atoms with E-state index in [1.54, 1.807) is 31.4 Å². The van der Waals surface area contributed by atoms with E-state index in [-0.39, 0.29) is 10.7 Å². The number of aryl methyl sites for hydroxylation is 1. The highest BCUT2D eigenvalue weighted by Gasteiger charge is 2.35. The largest absolute Gasteiger partial charge is 0.493 e. The number of halogens is 1. The third-order valence-corrected chi connectivity index (χ3v) is 6.27. The number of ether oxygens (including phenoxy) is 2. The number of methoxy groups -OCH3 is 1. The smallest absolute Gasteiger partial charge is 0.270 e. The van der Waals surface area contributed by atoms with Crippen molar-refractivity contribution in [3.05, 3.63) is 92.6 Å². The van der Waals surface area contributed by atoms with E-state index < -0.39 is 11.8 Å². The van der Waals surface area contributed by atoms with Gasteiger partial charge in [0.25, 0.3) is 11.8 Å². The van der Waals surface area contributed by atoms with Crippen molar-refractivity contribution in [3.63, 3.8) is 0 Å². The molecule has 0 aromatic heterocycles. The standard InChI is InChI=1S/C26H21IN2O4S/c1-16-5-3-4-6-21(16)29-25(31)20(24(30)28-26(29)34)13-18-9-12-22(23(14-18)32-2)33-15-17-7-10-19(27)11-8-17/h3-14H,15H2,1-2H3,(H,28,30,34)/b20-13+. The number of benzene rings is 3. The van der Waals surface area contributed by atoms with E-state index in [0.29, 0.717) is 29.4 Å². The Bertz CT molecular complexity index is 1300. The molecule has 1 aliphatic rings. The number of anilines is 1. The van der Waals surface area contributed by atoms with Crippen LogP contribution in [0.3, 0.4) is 0 Å². The molecule has 1 fully saturated rings. The molecule has 1 saturated heterocycles. The third-order valence-electron chi connectivity index (χ3n) is 5.26. The van der Waals surface area contributed by atoms with Crippen LogP contribution in [-0.2, 0) is 16.2 Å². The molecular formula is C26H21IN2O4S. The lowest BCUT2D eigenvalue weighted by Crippen LogP contribution is -2.54. The summed E-state index contributed by atoms with van der Waals surface area (Å²) >= 11 is 7.54. The molecule has 34 heavy (non-hydrogen) atoms. The van der Waals surface area contributed by atoms with Gasteiger partial charge in [0.05, 0.1) is 12.8 Å². The van der Waals surface area contributed by atoms with Crippen molar-refractivity contribution >= 4 is 63.5 Å². The maximum absolute atomic E-state index is 13.3. The fourth-order valence-corrected chi connectivity index (χ4v) is 4.13. The van der Waals surface area contributed by atoms with Gasteiger partial charge in [0.2, 0.25) is 0 Å². The average Bonchev–Trinajstić information content (AvgIpc) is 2.83. The number of hydrogen-bond acceptors (Lipinski definition) is 5. The Balaban J connectivity index is 1.60. The number of nitrogens with zero attached hydrogens (tertiary/aromatic N) is 1. The molecule has 0 saturated carbocycles. The quantitative estimate of drug-likeness (QED) is 0.191. The van der Waals surface area contributed by atoms with Crippen LogP contribution in [0.15, 0.2) is 72.3 Å². The van der Waals surface area contributed by atoms with Crippen LogP contribution in [0.25, 0.3) is 6.08 Å². The molecule has 1 N–H and O–H groups in total. The molecule has 8 heteroatoms. The fourth-order valence-electron chi connectivity index (χ4n) is 3.49. The highest BCUT2D eigenvalue weighted by Crippen LogP contribution is 2.31. The van der Waals surface area contributed by atoms with E-state index in [9.17, 15) is 9.59 Å². The van der Waals surface area contributed by atoms with E-state index in [1.165, 1.54) is 11.0 Å². The van der Waals surface area contributed by atoms with Gasteiger partial charge in [-0.2, -0.15) is 0 Å². The van der Waals surface area contributed by atoms with Crippen molar-refractivity contribution in [3.8, 4) is 11.5 Å². The first-order valence-corrected chi connectivity index (χ1v) is 11.9. The number of carbonyl (C=O) groups is 2. The molecule has 0 unspecified atom stereocenters. The number of hydrogen-bond donors (Lipinski definition) is 1. The van der Waals surface area contributed by atoms with Crippen LogP contribution >= 0.6 is 34.8 Å². The Kier molecular flexibility index (Phi) is 7.28. The number of amides is 2. The number of nitrogens with one attached hydrogen (secondary N) is 1. The monoisotopic (exact) mass is 584 g/mol. The van der Waals surface area contributed by atoms with Crippen molar-refractivity contribution in [2.45, 2.75) is 13.5 Å². The minimum atomic E-state index is -0.544. The van der Waals surface area contributed by atoms with Crippen molar-refractivity contribution in [2.75, 3.05) is 12.0 Å². The number of para-hydroxylation sites is 1. The number of carbonyl (C=O) groups excluding carboxylic acids is 2. The molecule has 0 radical (unpaired) electrons. The van der Waals surface area contributed by atoms with E-state index in [4.69, 9.17) is 21.7 Å². The van der Waals surface area contributed by atoms with Crippen LogP contribution in [0.1, 0.15) is 16.7 Å². The van der Waals surface area contributed by atoms with Gasteiger partial charge in [0.1, 0.15) is 12.2 Å². The van der Waals surface area contributed by atoms with Gasteiger partial charge >= 0.3 is 0 Å². The first-order valence-electron chi connectivity index (χ1n) is 10.4. The average molecular weight is 584 g/mol. The van der Waals surface area contributed by atoms with Gasteiger partial charge < -0.3 is 9.47 Å². The fraction of sp³-hybridized carbons (Fsp3) is 0.115. The number of thiocarbonyl (C=S) groups is 1. The molecule has 0 aliphatic carbocycles. The van der Waals surface area contributed by atoms with Gasteiger partial charge in [-0.1, -0.05) is 36.4 Å². The van der Waals surface area contributed by atoms with Gasteiger partial charge in [-0.3, -0.25) is 19.8 Å². The Labute approximate surface area is 216 Å². The maximum atomic E-state index is 13.3. The summed E-state index contributed by atoms with van der Waals surface area (Å²) in [5.41, 5.74) is 3.12. The van der Waals surface area contributed by atoms with Gasteiger partial charge in [-0.15, -0.1) is 0 Å². The second-order valence-corrected chi connectivity index (χ2v) is 9.20.